The Morgan fingerprint density at radius 2 is 1.94 bits per heavy atom. The molecule has 0 aliphatic carbocycles. The summed E-state index contributed by atoms with van der Waals surface area (Å²) in [6.07, 6.45) is 4.93. The quantitative estimate of drug-likeness (QED) is 0.288. The first-order valence-electron chi connectivity index (χ1n) is 12.0. The predicted octanol–water partition coefficient (Wildman–Crippen LogP) is 4.08. The average Bonchev–Trinajstić information content (AvgIpc) is 2.83. The van der Waals surface area contributed by atoms with Gasteiger partial charge >= 0.3 is 5.91 Å². The van der Waals surface area contributed by atoms with Gasteiger partial charge in [0.1, 0.15) is 0 Å². The van der Waals surface area contributed by atoms with Crippen molar-refractivity contribution in [2.24, 2.45) is 10.7 Å². The first kappa shape index (κ1) is 26.5. The number of hydrogen-bond acceptors (Lipinski definition) is 5. The van der Waals surface area contributed by atoms with E-state index in [1.165, 1.54) is 16.0 Å². The fourth-order valence-corrected chi connectivity index (χ4v) is 5.45. The molecule has 8 nitrogen and oxygen atoms in total. The lowest BCUT2D eigenvalue weighted by Crippen LogP contribution is -2.44. The lowest BCUT2D eigenvalue weighted by Gasteiger charge is -2.38. The number of anilines is 1. The Hall–Kier alpha value is -3.12. The molecule has 2 aromatic rings. The van der Waals surface area contributed by atoms with Crippen LogP contribution in [0.3, 0.4) is 0 Å². The van der Waals surface area contributed by atoms with E-state index in [0.717, 1.165) is 36.5 Å². The molecule has 1 aromatic carbocycles. The topological polar surface area (TPSA) is 100.0 Å². The molecule has 186 valence electrons. The van der Waals surface area contributed by atoms with Crippen LogP contribution in [0.15, 0.2) is 41.5 Å². The number of carbonyl (C=O) groups is 3. The van der Waals surface area contributed by atoms with Crippen molar-refractivity contribution < 1.29 is 19.0 Å². The fourth-order valence-electron chi connectivity index (χ4n) is 4.19. The van der Waals surface area contributed by atoms with Crippen molar-refractivity contribution in [3.63, 3.8) is 0 Å². The van der Waals surface area contributed by atoms with Gasteiger partial charge in [-0.25, -0.2) is 0 Å². The molecule has 3 rings (SSSR count). The number of aliphatic imine (C=N–C) groups is 1. The van der Waals surface area contributed by atoms with Crippen LogP contribution in [0, 0.1) is 13.8 Å². The first-order valence-corrected chi connectivity index (χ1v) is 13.1. The Bertz CT molecular complexity index is 1130. The second-order valence-electron chi connectivity index (χ2n) is 8.87. The predicted molar refractivity (Wildman–Crippen MR) is 141 cm³/mol. The summed E-state index contributed by atoms with van der Waals surface area (Å²) < 4.78 is 1.74. The van der Waals surface area contributed by atoms with E-state index in [0.29, 0.717) is 25.1 Å². The van der Waals surface area contributed by atoms with E-state index in [2.05, 4.69) is 37.8 Å². The third kappa shape index (κ3) is 6.31. The van der Waals surface area contributed by atoms with Crippen LogP contribution in [0.1, 0.15) is 54.7 Å². The summed E-state index contributed by atoms with van der Waals surface area (Å²) in [5.41, 5.74) is 10.9. The van der Waals surface area contributed by atoms with Gasteiger partial charge in [0, 0.05) is 45.9 Å². The molecule has 9 heteroatoms. The molecular weight excluding hydrogens is 461 g/mol. The molecule has 0 saturated carbocycles. The standard InChI is InChI=1S/C26H34N5O3P/c1-5-6-14-31-23-16-19(3)18(2)15-21(23)28-20(4)25(31)35-26(34)30(17-32)13-9-12-29-11-8-7-10-22(29)24(27)33/h7-8,10-11,15-17,25,35H,5-6,9,12-14H2,1-4H3,(H-,27,33)/p+1. The number of nitrogens with zero attached hydrogens (tertiary/aromatic N) is 4. The van der Waals surface area contributed by atoms with Gasteiger partial charge in [-0.15, -0.1) is 0 Å². The molecule has 1 aliphatic heterocycles. The molecule has 1 aromatic heterocycles. The van der Waals surface area contributed by atoms with Crippen LogP contribution in [0.25, 0.3) is 0 Å². The van der Waals surface area contributed by atoms with E-state index >= 15 is 0 Å². The molecule has 0 fully saturated rings. The van der Waals surface area contributed by atoms with Crippen LogP contribution in [0.5, 0.6) is 0 Å². The molecule has 0 radical (unpaired) electrons. The van der Waals surface area contributed by atoms with Gasteiger partial charge in [0.15, 0.2) is 12.7 Å². The molecule has 0 saturated heterocycles. The highest BCUT2D eigenvalue weighted by molar-refractivity contribution is 7.59. The van der Waals surface area contributed by atoms with Crippen molar-refractivity contribution in [3.05, 3.63) is 53.3 Å². The number of aromatic nitrogens is 1. The molecule has 2 heterocycles. The molecule has 3 amide bonds. The third-order valence-electron chi connectivity index (χ3n) is 6.30. The second-order valence-corrected chi connectivity index (χ2v) is 10.1. The van der Waals surface area contributed by atoms with Gasteiger partial charge in [0.05, 0.1) is 17.2 Å². The molecule has 0 bridgehead atoms. The molecule has 35 heavy (non-hydrogen) atoms. The zero-order valence-electron chi connectivity index (χ0n) is 21.0. The minimum atomic E-state index is -0.514. The van der Waals surface area contributed by atoms with Gasteiger partial charge in [0.2, 0.25) is 12.1 Å². The number of nitrogens with two attached hydrogens (primary N) is 1. The second kappa shape index (κ2) is 12.0. The number of hydrogen-bond donors (Lipinski definition) is 1. The van der Waals surface area contributed by atoms with Crippen LogP contribution in [-0.4, -0.2) is 47.4 Å². The Kier molecular flexibility index (Phi) is 9.10. The van der Waals surface area contributed by atoms with Crippen molar-refractivity contribution in [1.82, 2.24) is 4.90 Å². The number of amides is 3. The minimum absolute atomic E-state index is 0.138. The summed E-state index contributed by atoms with van der Waals surface area (Å²) in [6, 6.07) is 9.48. The number of carbonyl (C=O) groups excluding carboxylic acids is 3. The lowest BCUT2D eigenvalue weighted by atomic mass is 10.0. The highest BCUT2D eigenvalue weighted by Crippen LogP contribution is 2.42. The molecule has 2 atom stereocenters. The number of rotatable bonds is 11. The van der Waals surface area contributed by atoms with Crippen LogP contribution in [0.2, 0.25) is 0 Å². The number of primary amides is 1. The SMILES string of the molecule is CCCCN1c2cc(C)c(C)cc2N=C(C)C1PC(=O)N(C=O)CCC[n+]1ccccc1C(N)=O. The van der Waals surface area contributed by atoms with Gasteiger partial charge in [0.25, 0.3) is 5.69 Å². The van der Waals surface area contributed by atoms with E-state index in [1.54, 1.807) is 22.9 Å². The highest BCUT2D eigenvalue weighted by Gasteiger charge is 2.31. The minimum Gasteiger partial charge on any atom is -0.360 e. The number of aryl methyl sites for hydroxylation is 3. The molecule has 0 spiro atoms. The highest BCUT2D eigenvalue weighted by atomic mass is 31.1. The van der Waals surface area contributed by atoms with Crippen molar-refractivity contribution in [3.8, 4) is 0 Å². The van der Waals surface area contributed by atoms with Crippen LogP contribution < -0.4 is 15.2 Å². The van der Waals surface area contributed by atoms with E-state index in [4.69, 9.17) is 10.7 Å². The van der Waals surface area contributed by atoms with Gasteiger partial charge in [-0.3, -0.25) is 24.3 Å². The molecule has 2 N–H and O–H groups in total. The van der Waals surface area contributed by atoms with Crippen LogP contribution in [-0.2, 0) is 11.3 Å². The molecular formula is C26H35N5O3P+. The summed E-state index contributed by atoms with van der Waals surface area (Å²) in [7, 11) is -0.138. The summed E-state index contributed by atoms with van der Waals surface area (Å²) in [5.74, 6) is -0.684. The number of pyridine rings is 1. The number of benzene rings is 1. The van der Waals surface area contributed by atoms with Gasteiger partial charge in [-0.2, -0.15) is 4.57 Å². The average molecular weight is 497 g/mol. The maximum absolute atomic E-state index is 13.2. The zero-order valence-corrected chi connectivity index (χ0v) is 22.0. The Labute approximate surface area is 209 Å². The van der Waals surface area contributed by atoms with E-state index in [9.17, 15) is 14.4 Å². The van der Waals surface area contributed by atoms with Crippen molar-refractivity contribution in [1.29, 1.82) is 0 Å². The maximum atomic E-state index is 13.2. The van der Waals surface area contributed by atoms with E-state index < -0.39 is 5.91 Å². The van der Waals surface area contributed by atoms with Gasteiger partial charge in [-0.1, -0.05) is 13.3 Å². The third-order valence-corrected chi connectivity index (χ3v) is 7.83. The summed E-state index contributed by atoms with van der Waals surface area (Å²) in [6.45, 7) is 9.84. The van der Waals surface area contributed by atoms with Crippen LogP contribution in [0.4, 0.5) is 16.2 Å². The first-order chi connectivity index (χ1) is 16.8. The maximum Gasteiger partial charge on any atom is 0.313 e. The summed E-state index contributed by atoms with van der Waals surface area (Å²) in [4.78, 5) is 45.0. The summed E-state index contributed by atoms with van der Waals surface area (Å²) >= 11 is 0. The number of fused-ring (bicyclic) bond motifs is 1. The van der Waals surface area contributed by atoms with E-state index in [1.807, 2.05) is 13.0 Å². The Balaban J connectivity index is 1.73. The monoisotopic (exact) mass is 496 g/mol. The molecule has 2 unspecified atom stereocenters. The smallest absolute Gasteiger partial charge is 0.313 e. The summed E-state index contributed by atoms with van der Waals surface area (Å²) in [5, 5.41) is 0. The van der Waals surface area contributed by atoms with E-state index in [-0.39, 0.29) is 26.6 Å². The van der Waals surface area contributed by atoms with Crippen molar-refractivity contribution in [2.75, 3.05) is 18.0 Å². The molecule has 1 aliphatic rings. The Morgan fingerprint density at radius 1 is 1.20 bits per heavy atom. The van der Waals surface area contributed by atoms with Crippen molar-refractivity contribution >= 4 is 43.6 Å². The lowest BCUT2D eigenvalue weighted by molar-refractivity contribution is -0.699. The number of imide groups is 1. The van der Waals surface area contributed by atoms with Gasteiger partial charge in [-0.05, 0) is 56.5 Å². The normalized spacial score (nSPS) is 15.1. The zero-order chi connectivity index (χ0) is 25.5. The Morgan fingerprint density at radius 3 is 2.63 bits per heavy atom. The fraction of sp³-hybridized carbons (Fsp3) is 0.423. The largest absolute Gasteiger partial charge is 0.360 e. The van der Waals surface area contributed by atoms with Crippen LogP contribution >= 0.6 is 8.58 Å². The number of unbranched alkanes of at least 4 members (excludes halogenated alkanes) is 1. The van der Waals surface area contributed by atoms with Crippen molar-refractivity contribution in [2.45, 2.75) is 59.3 Å². The van der Waals surface area contributed by atoms with Gasteiger partial charge < -0.3 is 10.6 Å².